The summed E-state index contributed by atoms with van der Waals surface area (Å²) in [5.74, 6) is -0.720. The van der Waals surface area contributed by atoms with Gasteiger partial charge in [-0.2, -0.15) is 0 Å². The van der Waals surface area contributed by atoms with Crippen LogP contribution in [-0.2, 0) is 0 Å². The number of amides is 1. The maximum atomic E-state index is 14.0. The average Bonchev–Trinajstić information content (AvgIpc) is 3.20. The fourth-order valence-corrected chi connectivity index (χ4v) is 3.01. The SMILES string of the molecule is Cc1cc(F)ccc1NC(=O)c1ccccc1-c1ncc(-c2ccccc2F)o1. The minimum Gasteiger partial charge on any atom is -0.436 e. The van der Waals surface area contributed by atoms with Gasteiger partial charge in [0, 0.05) is 11.3 Å². The standard InChI is InChI=1S/C23H16F2N2O2/c1-14-12-15(24)10-11-20(14)27-22(28)16-6-2-3-7-17(16)23-26-13-21(29-23)18-8-4-5-9-19(18)25/h2-13H,1H3,(H,27,28). The number of carbonyl (C=O) groups is 1. The number of rotatable bonds is 4. The number of benzene rings is 3. The van der Waals surface area contributed by atoms with Crippen molar-refractivity contribution in [3.8, 4) is 22.8 Å². The molecule has 0 bridgehead atoms. The molecule has 4 rings (SSSR count). The number of hydrogen-bond donors (Lipinski definition) is 1. The molecule has 0 fully saturated rings. The van der Waals surface area contributed by atoms with Gasteiger partial charge in [0.05, 0.1) is 17.3 Å². The molecule has 0 saturated carbocycles. The number of carbonyl (C=O) groups excluding carboxylic acids is 1. The van der Waals surface area contributed by atoms with Crippen molar-refractivity contribution >= 4 is 11.6 Å². The summed E-state index contributed by atoms with van der Waals surface area (Å²) in [7, 11) is 0. The van der Waals surface area contributed by atoms with Crippen molar-refractivity contribution in [2.24, 2.45) is 0 Å². The Morgan fingerprint density at radius 1 is 0.966 bits per heavy atom. The molecule has 3 aromatic carbocycles. The second-order valence-corrected chi connectivity index (χ2v) is 6.47. The summed E-state index contributed by atoms with van der Waals surface area (Å²) in [6.07, 6.45) is 1.42. The number of nitrogens with one attached hydrogen (secondary N) is 1. The van der Waals surface area contributed by atoms with Crippen LogP contribution in [0.3, 0.4) is 0 Å². The van der Waals surface area contributed by atoms with E-state index >= 15 is 0 Å². The second-order valence-electron chi connectivity index (χ2n) is 6.47. The lowest BCUT2D eigenvalue weighted by molar-refractivity contribution is 0.102. The van der Waals surface area contributed by atoms with Gasteiger partial charge in [0.15, 0.2) is 5.76 Å². The second kappa shape index (κ2) is 7.67. The van der Waals surface area contributed by atoms with E-state index in [4.69, 9.17) is 4.42 Å². The van der Waals surface area contributed by atoms with Gasteiger partial charge < -0.3 is 9.73 Å². The van der Waals surface area contributed by atoms with E-state index in [-0.39, 0.29) is 28.9 Å². The quantitative estimate of drug-likeness (QED) is 0.476. The molecule has 0 aliphatic carbocycles. The van der Waals surface area contributed by atoms with Gasteiger partial charge >= 0.3 is 0 Å². The highest BCUT2D eigenvalue weighted by Crippen LogP contribution is 2.30. The lowest BCUT2D eigenvalue weighted by Crippen LogP contribution is -2.14. The lowest BCUT2D eigenvalue weighted by Gasteiger charge is -2.10. The molecule has 0 saturated heterocycles. The Labute approximate surface area is 165 Å². The number of nitrogens with zero attached hydrogens (tertiary/aromatic N) is 1. The number of halogens is 2. The van der Waals surface area contributed by atoms with Gasteiger partial charge in [-0.3, -0.25) is 4.79 Å². The first-order chi connectivity index (χ1) is 14.0. The maximum Gasteiger partial charge on any atom is 0.256 e. The molecule has 1 aromatic heterocycles. The molecular formula is C23H16F2N2O2. The summed E-state index contributed by atoms with van der Waals surface area (Å²) in [6.45, 7) is 1.71. The molecule has 0 spiro atoms. The van der Waals surface area contributed by atoms with Crippen molar-refractivity contribution in [2.45, 2.75) is 6.92 Å². The highest BCUT2D eigenvalue weighted by Gasteiger charge is 2.18. The monoisotopic (exact) mass is 390 g/mol. The number of oxazole rings is 1. The van der Waals surface area contributed by atoms with E-state index in [0.717, 1.165) is 0 Å². The van der Waals surface area contributed by atoms with Crippen LogP contribution in [0, 0.1) is 18.6 Å². The van der Waals surface area contributed by atoms with Crippen LogP contribution in [-0.4, -0.2) is 10.9 Å². The highest BCUT2D eigenvalue weighted by atomic mass is 19.1. The summed E-state index contributed by atoms with van der Waals surface area (Å²) < 4.78 is 33.1. The minimum atomic E-state index is -0.423. The first-order valence-electron chi connectivity index (χ1n) is 8.90. The van der Waals surface area contributed by atoms with Gasteiger partial charge in [0.25, 0.3) is 5.91 Å². The molecule has 0 unspecified atom stereocenters. The van der Waals surface area contributed by atoms with Crippen molar-refractivity contribution in [1.29, 1.82) is 0 Å². The van der Waals surface area contributed by atoms with E-state index in [1.54, 1.807) is 49.4 Å². The van der Waals surface area contributed by atoms with Crippen molar-refractivity contribution in [3.05, 3.63) is 95.7 Å². The van der Waals surface area contributed by atoms with Crippen molar-refractivity contribution in [2.75, 3.05) is 5.32 Å². The van der Waals surface area contributed by atoms with E-state index in [0.29, 0.717) is 22.4 Å². The minimum absolute atomic E-state index is 0.199. The predicted molar refractivity (Wildman–Crippen MR) is 106 cm³/mol. The van der Waals surface area contributed by atoms with Gasteiger partial charge in [0.2, 0.25) is 5.89 Å². The van der Waals surface area contributed by atoms with Crippen LogP contribution in [0.15, 0.2) is 77.3 Å². The third kappa shape index (κ3) is 3.78. The summed E-state index contributed by atoms with van der Waals surface area (Å²) in [6, 6.07) is 17.2. The average molecular weight is 390 g/mol. The smallest absolute Gasteiger partial charge is 0.256 e. The van der Waals surface area contributed by atoms with Crippen molar-refractivity contribution < 1.29 is 18.0 Å². The molecule has 144 valence electrons. The Balaban J connectivity index is 1.67. The summed E-state index contributed by atoms with van der Waals surface area (Å²) >= 11 is 0. The van der Waals surface area contributed by atoms with E-state index in [1.807, 2.05) is 0 Å². The highest BCUT2D eigenvalue weighted by molar-refractivity contribution is 6.08. The van der Waals surface area contributed by atoms with E-state index in [2.05, 4.69) is 10.3 Å². The van der Waals surface area contributed by atoms with Crippen LogP contribution in [0.1, 0.15) is 15.9 Å². The zero-order valence-corrected chi connectivity index (χ0v) is 15.4. The van der Waals surface area contributed by atoms with Gasteiger partial charge in [0.1, 0.15) is 11.6 Å². The molecule has 1 amide bonds. The summed E-state index contributed by atoms with van der Waals surface area (Å²) in [5.41, 5.74) is 2.19. The topological polar surface area (TPSA) is 55.1 Å². The van der Waals surface area contributed by atoms with E-state index in [9.17, 15) is 13.6 Å². The maximum absolute atomic E-state index is 14.0. The molecular weight excluding hydrogens is 374 g/mol. The lowest BCUT2D eigenvalue weighted by atomic mass is 10.1. The third-order valence-corrected chi connectivity index (χ3v) is 4.48. The Morgan fingerprint density at radius 3 is 2.45 bits per heavy atom. The first kappa shape index (κ1) is 18.6. The Bertz CT molecular complexity index is 1200. The normalized spacial score (nSPS) is 10.7. The summed E-state index contributed by atoms with van der Waals surface area (Å²) in [5, 5.41) is 2.78. The molecule has 0 aliphatic rings. The Hall–Kier alpha value is -3.80. The number of anilines is 1. The molecule has 1 heterocycles. The molecule has 0 aliphatic heterocycles. The van der Waals surface area contributed by atoms with Gasteiger partial charge in [-0.15, -0.1) is 0 Å². The zero-order valence-electron chi connectivity index (χ0n) is 15.4. The third-order valence-electron chi connectivity index (χ3n) is 4.48. The van der Waals surface area contributed by atoms with Gasteiger partial charge in [-0.05, 0) is 55.0 Å². The van der Waals surface area contributed by atoms with Crippen LogP contribution < -0.4 is 5.32 Å². The molecule has 29 heavy (non-hydrogen) atoms. The fourth-order valence-electron chi connectivity index (χ4n) is 3.01. The molecule has 6 heteroatoms. The van der Waals surface area contributed by atoms with Crippen LogP contribution in [0.4, 0.5) is 14.5 Å². The molecule has 0 radical (unpaired) electrons. The van der Waals surface area contributed by atoms with Crippen LogP contribution in [0.5, 0.6) is 0 Å². The van der Waals surface area contributed by atoms with Crippen LogP contribution in [0.2, 0.25) is 0 Å². The molecule has 0 atom stereocenters. The van der Waals surface area contributed by atoms with Crippen LogP contribution in [0.25, 0.3) is 22.8 Å². The Kier molecular flexibility index (Phi) is 4.91. The number of hydrogen-bond acceptors (Lipinski definition) is 3. The number of aryl methyl sites for hydroxylation is 1. The number of aromatic nitrogens is 1. The van der Waals surface area contributed by atoms with E-state index in [1.165, 1.54) is 30.5 Å². The first-order valence-corrected chi connectivity index (χ1v) is 8.90. The zero-order chi connectivity index (χ0) is 20.4. The van der Waals surface area contributed by atoms with E-state index < -0.39 is 5.82 Å². The fraction of sp³-hybridized carbons (Fsp3) is 0.0435. The van der Waals surface area contributed by atoms with Crippen LogP contribution >= 0.6 is 0 Å². The van der Waals surface area contributed by atoms with Crippen molar-refractivity contribution in [1.82, 2.24) is 4.98 Å². The molecule has 4 nitrogen and oxygen atoms in total. The molecule has 4 aromatic rings. The van der Waals surface area contributed by atoms with Crippen molar-refractivity contribution in [3.63, 3.8) is 0 Å². The summed E-state index contributed by atoms with van der Waals surface area (Å²) in [4.78, 5) is 17.1. The largest absolute Gasteiger partial charge is 0.436 e. The molecule has 1 N–H and O–H groups in total. The van der Waals surface area contributed by atoms with Gasteiger partial charge in [-0.25, -0.2) is 13.8 Å². The predicted octanol–water partition coefficient (Wildman–Crippen LogP) is 5.85. The Morgan fingerprint density at radius 2 is 1.69 bits per heavy atom. The van der Waals surface area contributed by atoms with Gasteiger partial charge in [-0.1, -0.05) is 24.3 Å².